The fourth-order valence-electron chi connectivity index (χ4n) is 2.60. The minimum atomic E-state index is -0.478. The number of halogens is 1. The van der Waals surface area contributed by atoms with Crippen molar-refractivity contribution in [1.29, 1.82) is 0 Å². The molecule has 3 rings (SSSR count). The Morgan fingerprint density at radius 2 is 1.92 bits per heavy atom. The molecule has 0 aliphatic rings. The number of ether oxygens (including phenoxy) is 1. The van der Waals surface area contributed by atoms with Gasteiger partial charge in [-0.05, 0) is 29.8 Å². The maximum Gasteiger partial charge on any atom is 0.287 e. The number of carbonyl (C=O) groups is 1. The molecule has 1 amide bonds. The van der Waals surface area contributed by atoms with Crippen molar-refractivity contribution in [2.45, 2.75) is 13.1 Å². The molecule has 7 heteroatoms. The van der Waals surface area contributed by atoms with Gasteiger partial charge in [-0.1, -0.05) is 24.3 Å². The first-order chi connectivity index (χ1) is 12.6. The van der Waals surface area contributed by atoms with Gasteiger partial charge in [-0.3, -0.25) is 14.2 Å². The number of nitrogens with zero attached hydrogens (tertiary/aromatic N) is 2. The van der Waals surface area contributed by atoms with Crippen LogP contribution in [0, 0.1) is 5.82 Å². The second-order valence-electron chi connectivity index (χ2n) is 5.71. The summed E-state index contributed by atoms with van der Waals surface area (Å²) in [5, 5.41) is 3.16. The van der Waals surface area contributed by atoms with Gasteiger partial charge in [0.1, 0.15) is 5.82 Å². The summed E-state index contributed by atoms with van der Waals surface area (Å²) in [5.74, 6) is -0.800. The third-order valence-electron chi connectivity index (χ3n) is 3.95. The molecule has 1 heterocycles. The number of carbonyl (C=O) groups excluding carboxylic acids is 1. The van der Waals surface area contributed by atoms with Crippen LogP contribution in [0.4, 0.5) is 4.39 Å². The third kappa shape index (κ3) is 3.78. The van der Waals surface area contributed by atoms with Gasteiger partial charge >= 0.3 is 0 Å². The Morgan fingerprint density at radius 3 is 2.65 bits per heavy atom. The lowest BCUT2D eigenvalue weighted by molar-refractivity contribution is 0.0931. The Kier molecular flexibility index (Phi) is 5.38. The molecule has 0 unspecified atom stereocenters. The topological polar surface area (TPSA) is 73.2 Å². The van der Waals surface area contributed by atoms with E-state index in [1.807, 2.05) is 0 Å². The number of para-hydroxylation sites is 1. The highest BCUT2D eigenvalue weighted by molar-refractivity contribution is 5.93. The van der Waals surface area contributed by atoms with Gasteiger partial charge in [0.25, 0.3) is 11.5 Å². The van der Waals surface area contributed by atoms with Gasteiger partial charge in [0.2, 0.25) is 5.82 Å². The molecular formula is C19H18FN3O3. The molecule has 0 spiro atoms. The van der Waals surface area contributed by atoms with Crippen LogP contribution in [0.1, 0.15) is 16.2 Å². The number of nitrogens with one attached hydrogen (secondary N) is 1. The van der Waals surface area contributed by atoms with Crippen LogP contribution in [0.15, 0.2) is 53.3 Å². The zero-order valence-electron chi connectivity index (χ0n) is 14.2. The second kappa shape index (κ2) is 7.88. The van der Waals surface area contributed by atoms with Gasteiger partial charge in [-0.25, -0.2) is 9.37 Å². The van der Waals surface area contributed by atoms with Crippen LogP contribution in [0.2, 0.25) is 0 Å². The van der Waals surface area contributed by atoms with Crippen LogP contribution in [0.3, 0.4) is 0 Å². The smallest absolute Gasteiger partial charge is 0.287 e. The predicted octanol–water partition coefficient (Wildman–Crippen LogP) is 2.11. The van der Waals surface area contributed by atoms with E-state index in [2.05, 4.69) is 10.3 Å². The summed E-state index contributed by atoms with van der Waals surface area (Å²) in [6, 6.07) is 12.7. The third-order valence-corrected chi connectivity index (χ3v) is 3.95. The van der Waals surface area contributed by atoms with Crippen molar-refractivity contribution >= 4 is 16.8 Å². The maximum absolute atomic E-state index is 13.0. The highest BCUT2D eigenvalue weighted by Crippen LogP contribution is 2.09. The first-order valence-corrected chi connectivity index (χ1v) is 8.11. The normalized spacial score (nSPS) is 10.8. The quantitative estimate of drug-likeness (QED) is 0.735. The van der Waals surface area contributed by atoms with Crippen LogP contribution in [0.5, 0.6) is 0 Å². The van der Waals surface area contributed by atoms with Crippen LogP contribution in [-0.2, 0) is 17.8 Å². The van der Waals surface area contributed by atoms with E-state index in [4.69, 9.17) is 4.74 Å². The zero-order valence-corrected chi connectivity index (χ0v) is 14.2. The largest absolute Gasteiger partial charge is 0.383 e. The maximum atomic E-state index is 13.0. The molecule has 6 nitrogen and oxygen atoms in total. The summed E-state index contributed by atoms with van der Waals surface area (Å²) in [6.45, 7) is 0.691. The van der Waals surface area contributed by atoms with Gasteiger partial charge in [-0.2, -0.15) is 0 Å². The number of hydrogen-bond donors (Lipinski definition) is 1. The van der Waals surface area contributed by atoms with E-state index >= 15 is 0 Å². The van der Waals surface area contributed by atoms with Gasteiger partial charge in [0.15, 0.2) is 0 Å². The number of methoxy groups -OCH3 is 1. The Labute approximate surface area is 149 Å². The Bertz CT molecular complexity index is 983. The first-order valence-electron chi connectivity index (χ1n) is 8.11. The number of fused-ring (bicyclic) bond motifs is 1. The molecule has 1 aromatic heterocycles. The average molecular weight is 355 g/mol. The molecule has 26 heavy (non-hydrogen) atoms. The lowest BCUT2D eigenvalue weighted by Gasteiger charge is -2.13. The van der Waals surface area contributed by atoms with E-state index in [-0.39, 0.29) is 36.9 Å². The standard InChI is InChI=1S/C19H18FN3O3/c1-26-11-10-23-17(22-16-5-3-2-4-15(16)19(23)25)18(24)21-12-13-6-8-14(20)9-7-13/h2-9H,10-12H2,1H3,(H,21,24). The van der Waals surface area contributed by atoms with Crippen LogP contribution in [0.25, 0.3) is 10.9 Å². The molecule has 0 saturated carbocycles. The van der Waals surface area contributed by atoms with Crippen molar-refractivity contribution in [2.24, 2.45) is 0 Å². The van der Waals surface area contributed by atoms with E-state index in [1.54, 1.807) is 36.4 Å². The minimum Gasteiger partial charge on any atom is -0.383 e. The number of aromatic nitrogens is 2. The highest BCUT2D eigenvalue weighted by atomic mass is 19.1. The number of hydrogen-bond acceptors (Lipinski definition) is 4. The van der Waals surface area contributed by atoms with Crippen molar-refractivity contribution in [2.75, 3.05) is 13.7 Å². The van der Waals surface area contributed by atoms with E-state index in [0.29, 0.717) is 10.9 Å². The average Bonchev–Trinajstić information content (AvgIpc) is 2.66. The second-order valence-corrected chi connectivity index (χ2v) is 5.71. The fourth-order valence-corrected chi connectivity index (χ4v) is 2.60. The molecule has 2 aromatic carbocycles. The Morgan fingerprint density at radius 1 is 1.19 bits per heavy atom. The summed E-state index contributed by atoms with van der Waals surface area (Å²) in [5.41, 5.74) is 0.906. The van der Waals surface area contributed by atoms with Crippen LogP contribution in [-0.4, -0.2) is 29.2 Å². The van der Waals surface area contributed by atoms with Crippen molar-refractivity contribution in [3.8, 4) is 0 Å². The van der Waals surface area contributed by atoms with E-state index in [1.165, 1.54) is 23.8 Å². The van der Waals surface area contributed by atoms with Gasteiger partial charge in [0, 0.05) is 13.7 Å². The lowest BCUT2D eigenvalue weighted by Crippen LogP contribution is -2.34. The fraction of sp³-hybridized carbons (Fsp3) is 0.211. The van der Waals surface area contributed by atoms with Crippen molar-refractivity contribution in [3.05, 3.63) is 76.1 Å². The van der Waals surface area contributed by atoms with Crippen LogP contribution >= 0.6 is 0 Å². The molecule has 0 radical (unpaired) electrons. The van der Waals surface area contributed by atoms with Crippen molar-refractivity contribution in [3.63, 3.8) is 0 Å². The van der Waals surface area contributed by atoms with Crippen molar-refractivity contribution in [1.82, 2.24) is 14.9 Å². The summed E-state index contributed by atoms with van der Waals surface area (Å²) in [6.07, 6.45) is 0. The van der Waals surface area contributed by atoms with Gasteiger partial charge in [0.05, 0.1) is 24.1 Å². The monoisotopic (exact) mass is 355 g/mol. The Hall–Kier alpha value is -3.06. The highest BCUT2D eigenvalue weighted by Gasteiger charge is 2.17. The molecule has 1 N–H and O–H groups in total. The minimum absolute atomic E-state index is 0.0212. The SMILES string of the molecule is COCCn1c(C(=O)NCc2ccc(F)cc2)nc2ccccc2c1=O. The van der Waals surface area contributed by atoms with Crippen molar-refractivity contribution < 1.29 is 13.9 Å². The van der Waals surface area contributed by atoms with Gasteiger partial charge < -0.3 is 10.1 Å². The molecule has 0 aliphatic carbocycles. The summed E-state index contributed by atoms with van der Waals surface area (Å²) in [4.78, 5) is 29.7. The molecule has 0 atom stereocenters. The Balaban J connectivity index is 1.92. The van der Waals surface area contributed by atoms with E-state index < -0.39 is 5.91 Å². The molecule has 0 fully saturated rings. The number of benzene rings is 2. The van der Waals surface area contributed by atoms with Gasteiger partial charge in [-0.15, -0.1) is 0 Å². The molecule has 134 valence electrons. The summed E-state index contributed by atoms with van der Waals surface area (Å²) in [7, 11) is 1.52. The zero-order chi connectivity index (χ0) is 18.5. The first kappa shape index (κ1) is 17.8. The lowest BCUT2D eigenvalue weighted by atomic mass is 10.2. The molecule has 0 saturated heterocycles. The predicted molar refractivity (Wildman–Crippen MR) is 95.4 cm³/mol. The van der Waals surface area contributed by atoms with E-state index in [0.717, 1.165) is 5.56 Å². The molecule has 0 bridgehead atoms. The summed E-state index contributed by atoms with van der Waals surface area (Å²) >= 11 is 0. The molecular weight excluding hydrogens is 337 g/mol. The molecule has 3 aromatic rings. The van der Waals surface area contributed by atoms with Crippen LogP contribution < -0.4 is 10.9 Å². The van der Waals surface area contributed by atoms with E-state index in [9.17, 15) is 14.0 Å². The number of amides is 1. The summed E-state index contributed by atoms with van der Waals surface area (Å²) < 4.78 is 19.3. The number of rotatable bonds is 6. The molecule has 0 aliphatic heterocycles.